The van der Waals surface area contributed by atoms with Crippen molar-refractivity contribution in [3.8, 4) is 17.0 Å². The molecule has 126 valence electrons. The fourth-order valence-corrected chi connectivity index (χ4v) is 2.89. The summed E-state index contributed by atoms with van der Waals surface area (Å²) >= 11 is 0. The molecule has 0 amide bonds. The first kappa shape index (κ1) is 14.4. The molecule has 2 aromatic carbocycles. The van der Waals surface area contributed by atoms with Gasteiger partial charge in [-0.2, -0.15) is 19.7 Å². The minimum Gasteiger partial charge on any atom is -0.507 e. The molecule has 3 aromatic heterocycles. The molecule has 0 fully saturated rings. The standard InChI is InChI=1S/C18H13N7O/c26-16-4-2-1-3-13(16)15-8-17(25-18(23-15)19-10-21-25)22-12-6-5-11-9-20-24-14(11)7-12/h1-10,22,26H,(H,20,24). The first-order valence-corrected chi connectivity index (χ1v) is 7.97. The van der Waals surface area contributed by atoms with Crippen LogP contribution in [0.3, 0.4) is 0 Å². The van der Waals surface area contributed by atoms with Gasteiger partial charge in [0.25, 0.3) is 5.78 Å². The molecule has 8 nitrogen and oxygen atoms in total. The first-order chi connectivity index (χ1) is 12.8. The molecule has 3 N–H and O–H groups in total. The summed E-state index contributed by atoms with van der Waals surface area (Å²) in [4.78, 5) is 8.66. The average Bonchev–Trinajstić information content (AvgIpc) is 3.30. The average molecular weight is 343 g/mol. The zero-order valence-corrected chi connectivity index (χ0v) is 13.5. The van der Waals surface area contributed by atoms with Crippen LogP contribution in [-0.4, -0.2) is 34.9 Å². The summed E-state index contributed by atoms with van der Waals surface area (Å²) in [6, 6.07) is 14.8. The second-order valence-electron chi connectivity index (χ2n) is 5.81. The molecule has 0 aliphatic rings. The number of para-hydroxylation sites is 1. The van der Waals surface area contributed by atoms with Crippen molar-refractivity contribution in [2.45, 2.75) is 0 Å². The van der Waals surface area contributed by atoms with Crippen LogP contribution in [0.4, 0.5) is 11.5 Å². The highest BCUT2D eigenvalue weighted by atomic mass is 16.3. The Kier molecular flexibility index (Phi) is 3.08. The Bertz CT molecular complexity index is 1240. The topological polar surface area (TPSA) is 104 Å². The van der Waals surface area contributed by atoms with Crippen LogP contribution in [0.2, 0.25) is 0 Å². The van der Waals surface area contributed by atoms with Crippen molar-refractivity contribution in [1.82, 2.24) is 29.8 Å². The van der Waals surface area contributed by atoms with E-state index in [0.717, 1.165) is 16.6 Å². The number of H-pyrrole nitrogens is 1. The maximum atomic E-state index is 10.1. The molecule has 0 unspecified atom stereocenters. The summed E-state index contributed by atoms with van der Waals surface area (Å²) < 4.78 is 1.61. The minimum atomic E-state index is 0.161. The number of nitrogens with zero attached hydrogens (tertiary/aromatic N) is 5. The summed E-state index contributed by atoms with van der Waals surface area (Å²) in [7, 11) is 0. The largest absolute Gasteiger partial charge is 0.507 e. The van der Waals surface area contributed by atoms with Crippen LogP contribution in [0.1, 0.15) is 0 Å². The summed E-state index contributed by atoms with van der Waals surface area (Å²) in [5.41, 5.74) is 3.03. The molecule has 5 rings (SSSR count). The van der Waals surface area contributed by atoms with E-state index in [1.54, 1.807) is 22.8 Å². The van der Waals surface area contributed by atoms with E-state index in [9.17, 15) is 5.11 Å². The Labute approximate surface area is 147 Å². The van der Waals surface area contributed by atoms with Gasteiger partial charge in [0.05, 0.1) is 17.4 Å². The molecule has 26 heavy (non-hydrogen) atoms. The summed E-state index contributed by atoms with van der Waals surface area (Å²) in [5.74, 6) is 1.29. The summed E-state index contributed by atoms with van der Waals surface area (Å²) in [6.45, 7) is 0. The van der Waals surface area contributed by atoms with Gasteiger partial charge in [-0.25, -0.2) is 4.98 Å². The van der Waals surface area contributed by atoms with Crippen molar-refractivity contribution in [3.05, 3.63) is 61.1 Å². The third-order valence-corrected chi connectivity index (χ3v) is 4.15. The highest BCUT2D eigenvalue weighted by Crippen LogP contribution is 2.30. The number of hydrogen-bond donors (Lipinski definition) is 3. The number of aromatic amines is 1. The molecule has 0 saturated carbocycles. The number of fused-ring (bicyclic) bond motifs is 2. The van der Waals surface area contributed by atoms with Crippen molar-refractivity contribution >= 4 is 28.2 Å². The van der Waals surface area contributed by atoms with E-state index in [0.29, 0.717) is 22.9 Å². The van der Waals surface area contributed by atoms with Gasteiger partial charge < -0.3 is 10.4 Å². The van der Waals surface area contributed by atoms with Crippen molar-refractivity contribution in [1.29, 1.82) is 0 Å². The second kappa shape index (κ2) is 5.55. The van der Waals surface area contributed by atoms with Crippen LogP contribution in [0.5, 0.6) is 5.75 Å². The molecule has 0 atom stereocenters. The van der Waals surface area contributed by atoms with Crippen LogP contribution >= 0.6 is 0 Å². The molecule has 0 saturated heterocycles. The number of nitrogens with one attached hydrogen (secondary N) is 2. The molecule has 0 radical (unpaired) electrons. The zero-order valence-electron chi connectivity index (χ0n) is 13.5. The van der Waals surface area contributed by atoms with Gasteiger partial charge in [-0.05, 0) is 30.3 Å². The highest BCUT2D eigenvalue weighted by Gasteiger charge is 2.12. The maximum absolute atomic E-state index is 10.1. The second-order valence-corrected chi connectivity index (χ2v) is 5.81. The predicted octanol–water partition coefficient (Wildman–Crippen LogP) is 3.12. The van der Waals surface area contributed by atoms with Gasteiger partial charge in [-0.15, -0.1) is 0 Å². The number of rotatable bonds is 3. The monoisotopic (exact) mass is 343 g/mol. The van der Waals surface area contributed by atoms with Gasteiger partial charge in [0.1, 0.15) is 17.9 Å². The summed E-state index contributed by atoms with van der Waals surface area (Å²) in [6.07, 6.45) is 3.22. The number of phenolic OH excluding ortho intramolecular Hbond substituents is 1. The van der Waals surface area contributed by atoms with Crippen molar-refractivity contribution in [2.24, 2.45) is 0 Å². The minimum absolute atomic E-state index is 0.161. The SMILES string of the molecule is Oc1ccccc1-c1cc(Nc2ccc3cn[nH]c3c2)n2ncnc2n1. The van der Waals surface area contributed by atoms with E-state index in [2.05, 4.69) is 30.6 Å². The van der Waals surface area contributed by atoms with Gasteiger partial charge in [0.15, 0.2) is 0 Å². The number of phenols is 1. The Morgan fingerprint density at radius 2 is 2.00 bits per heavy atom. The molecule has 0 spiro atoms. The van der Waals surface area contributed by atoms with Crippen LogP contribution in [0.15, 0.2) is 61.1 Å². The molecular formula is C18H13N7O. The van der Waals surface area contributed by atoms with E-state index >= 15 is 0 Å². The lowest BCUT2D eigenvalue weighted by atomic mass is 10.1. The van der Waals surface area contributed by atoms with E-state index in [-0.39, 0.29) is 5.75 Å². The number of aromatic nitrogens is 6. The number of anilines is 2. The number of aromatic hydroxyl groups is 1. The third-order valence-electron chi connectivity index (χ3n) is 4.15. The Morgan fingerprint density at radius 3 is 2.92 bits per heavy atom. The molecule has 3 heterocycles. The zero-order chi connectivity index (χ0) is 17.5. The van der Waals surface area contributed by atoms with E-state index in [4.69, 9.17) is 0 Å². The van der Waals surface area contributed by atoms with Gasteiger partial charge >= 0.3 is 0 Å². The van der Waals surface area contributed by atoms with E-state index in [1.165, 1.54) is 6.33 Å². The normalized spacial score (nSPS) is 11.2. The van der Waals surface area contributed by atoms with Crippen LogP contribution in [0, 0.1) is 0 Å². The van der Waals surface area contributed by atoms with Crippen LogP contribution in [-0.2, 0) is 0 Å². The molecular weight excluding hydrogens is 330 g/mol. The van der Waals surface area contributed by atoms with Crippen LogP contribution < -0.4 is 5.32 Å². The van der Waals surface area contributed by atoms with Crippen molar-refractivity contribution in [3.63, 3.8) is 0 Å². The van der Waals surface area contributed by atoms with Crippen molar-refractivity contribution < 1.29 is 5.11 Å². The quantitative estimate of drug-likeness (QED) is 0.465. The van der Waals surface area contributed by atoms with Gasteiger partial charge in [0, 0.05) is 22.7 Å². The number of hydrogen-bond acceptors (Lipinski definition) is 6. The highest BCUT2D eigenvalue weighted by molar-refractivity contribution is 5.83. The fraction of sp³-hybridized carbons (Fsp3) is 0. The Morgan fingerprint density at radius 1 is 1.08 bits per heavy atom. The van der Waals surface area contributed by atoms with Gasteiger partial charge in [0.2, 0.25) is 0 Å². The van der Waals surface area contributed by atoms with Crippen molar-refractivity contribution in [2.75, 3.05) is 5.32 Å². The van der Waals surface area contributed by atoms with E-state index < -0.39 is 0 Å². The fourth-order valence-electron chi connectivity index (χ4n) is 2.89. The van der Waals surface area contributed by atoms with Crippen LogP contribution in [0.25, 0.3) is 27.9 Å². The third kappa shape index (κ3) is 2.32. The summed E-state index contributed by atoms with van der Waals surface area (Å²) in [5, 5.41) is 25.7. The predicted molar refractivity (Wildman–Crippen MR) is 97.3 cm³/mol. The smallest absolute Gasteiger partial charge is 0.254 e. The molecule has 5 aromatic rings. The molecule has 0 aliphatic carbocycles. The molecule has 8 heteroatoms. The first-order valence-electron chi connectivity index (χ1n) is 7.97. The lowest BCUT2D eigenvalue weighted by Crippen LogP contribution is -2.02. The number of benzene rings is 2. The molecule has 0 aliphatic heterocycles. The Balaban J connectivity index is 1.64. The lowest BCUT2D eigenvalue weighted by molar-refractivity contribution is 0.477. The van der Waals surface area contributed by atoms with Gasteiger partial charge in [-0.1, -0.05) is 12.1 Å². The van der Waals surface area contributed by atoms with E-state index in [1.807, 2.05) is 36.4 Å². The van der Waals surface area contributed by atoms with Gasteiger partial charge in [-0.3, -0.25) is 5.10 Å². The lowest BCUT2D eigenvalue weighted by Gasteiger charge is -2.11. The maximum Gasteiger partial charge on any atom is 0.254 e. The Hall–Kier alpha value is -3.94. The molecule has 0 bridgehead atoms.